The zero-order valence-corrected chi connectivity index (χ0v) is 36.3. The first kappa shape index (κ1) is 46.7. The van der Waals surface area contributed by atoms with Crippen molar-refractivity contribution in [2.75, 3.05) is 21.2 Å². The van der Waals surface area contributed by atoms with Crippen LogP contribution < -0.4 is 0 Å². The lowest BCUT2D eigenvalue weighted by molar-refractivity contribution is -0.319. The summed E-state index contributed by atoms with van der Waals surface area (Å²) in [6.07, 6.45) is -7.48. The molecule has 4 rings (SSSR count). The molecule has 0 radical (unpaired) electrons. The van der Waals surface area contributed by atoms with Crippen molar-refractivity contribution in [2.45, 2.75) is 199 Å². The Morgan fingerprint density at radius 1 is 0.982 bits per heavy atom. The minimum absolute atomic E-state index is 0.107. The fourth-order valence-corrected chi connectivity index (χ4v) is 9.99. The van der Waals surface area contributed by atoms with E-state index in [9.17, 15) is 24.6 Å². The van der Waals surface area contributed by atoms with Crippen molar-refractivity contribution in [3.05, 3.63) is 0 Å². The van der Waals surface area contributed by atoms with Gasteiger partial charge in [-0.1, -0.05) is 27.7 Å². The minimum atomic E-state index is -1.81. The Morgan fingerprint density at radius 2 is 1.62 bits per heavy atom. The van der Waals surface area contributed by atoms with Gasteiger partial charge in [-0.15, -0.1) is 0 Å². The summed E-state index contributed by atoms with van der Waals surface area (Å²) in [5, 5.41) is 23.9. The Hall–Kier alpha value is -1.95. The molecule has 2 N–H and O–H groups in total. The normalized spacial score (nSPS) is 45.2. The van der Waals surface area contributed by atoms with Gasteiger partial charge < -0.3 is 57.7 Å². The van der Waals surface area contributed by atoms with Gasteiger partial charge in [-0.05, 0) is 80.8 Å². The van der Waals surface area contributed by atoms with E-state index >= 15 is 0 Å². The SMILES string of the molecule is CC[C@@H](OC(C)=O)[C@@](C)(O)[C@@H]1OC(=O)[C@H](C)[C@@H](O[C@H]2CC(C)(OC)[C@@H](OC(C)=O)C(C)O2)[C@H](C)[C@@H](O[C@@H]2OC(C)CC(N(C)C)C2O)C2(C)CC(C)C(O2)[C@@H]1C. The fourth-order valence-electron chi connectivity index (χ4n) is 9.99. The molecule has 4 fully saturated rings. The topological polar surface area (TPSA) is 178 Å². The summed E-state index contributed by atoms with van der Waals surface area (Å²) in [6, 6.07) is -0.243. The number of ether oxygens (including phenoxy) is 9. The Bertz CT molecular complexity index is 1360. The number of aliphatic hydroxyl groups excluding tert-OH is 1. The van der Waals surface area contributed by atoms with Crippen LogP contribution in [0, 0.1) is 23.7 Å². The quantitative estimate of drug-likeness (QED) is 0.228. The molecule has 15 heteroatoms. The monoisotopic (exact) mass is 801 g/mol. The van der Waals surface area contributed by atoms with Crippen LogP contribution in [0.2, 0.25) is 0 Å². The minimum Gasteiger partial charge on any atom is -0.459 e. The van der Waals surface area contributed by atoms with Crippen LogP contribution in [0.3, 0.4) is 0 Å². The van der Waals surface area contributed by atoms with Crippen molar-refractivity contribution >= 4 is 17.9 Å². The average molecular weight is 802 g/mol. The third kappa shape index (κ3) is 9.73. The Labute approximate surface area is 333 Å². The Balaban J connectivity index is 1.84. The van der Waals surface area contributed by atoms with Crippen LogP contribution in [0.15, 0.2) is 0 Å². The predicted molar refractivity (Wildman–Crippen MR) is 203 cm³/mol. The molecule has 324 valence electrons. The number of carbonyl (C=O) groups is 3. The van der Waals surface area contributed by atoms with Crippen LogP contribution >= 0.6 is 0 Å². The number of likely N-dealkylation sites (N-methyl/N-ethyl adjacent to an activating group) is 1. The molecule has 4 aliphatic rings. The highest BCUT2D eigenvalue weighted by molar-refractivity contribution is 5.73. The molecule has 8 unspecified atom stereocenters. The zero-order chi connectivity index (χ0) is 42.2. The van der Waals surface area contributed by atoms with Gasteiger partial charge in [0.2, 0.25) is 0 Å². The van der Waals surface area contributed by atoms with Gasteiger partial charge in [-0.2, -0.15) is 0 Å². The number of hydrogen-bond donors (Lipinski definition) is 2. The number of rotatable bonds is 11. The van der Waals surface area contributed by atoms with Crippen molar-refractivity contribution < 1.29 is 67.2 Å². The zero-order valence-electron chi connectivity index (χ0n) is 36.3. The third-order valence-corrected chi connectivity index (χ3v) is 12.9. The molecule has 4 aliphatic heterocycles. The van der Waals surface area contributed by atoms with Gasteiger partial charge >= 0.3 is 17.9 Å². The lowest BCUT2D eigenvalue weighted by atomic mass is 9.76. The molecule has 0 amide bonds. The van der Waals surface area contributed by atoms with Gasteiger partial charge in [0.05, 0.1) is 42.0 Å². The van der Waals surface area contributed by atoms with Crippen LogP contribution in [-0.2, 0) is 57.0 Å². The second-order valence-corrected chi connectivity index (χ2v) is 17.9. The lowest BCUT2D eigenvalue weighted by Crippen LogP contribution is -2.60. The highest BCUT2D eigenvalue weighted by atomic mass is 16.7. The number of cyclic esters (lactones) is 1. The van der Waals surface area contributed by atoms with Gasteiger partial charge in [0.1, 0.15) is 29.5 Å². The van der Waals surface area contributed by atoms with Crippen molar-refractivity contribution in [3.8, 4) is 0 Å². The summed E-state index contributed by atoms with van der Waals surface area (Å²) in [6.45, 7) is 20.9. The molecule has 15 nitrogen and oxygen atoms in total. The van der Waals surface area contributed by atoms with Crippen LogP contribution in [0.25, 0.3) is 0 Å². The highest BCUT2D eigenvalue weighted by Crippen LogP contribution is 2.49. The van der Waals surface area contributed by atoms with Crippen molar-refractivity contribution in [1.29, 1.82) is 0 Å². The summed E-state index contributed by atoms with van der Waals surface area (Å²) in [5.41, 5.74) is -3.83. The van der Waals surface area contributed by atoms with E-state index in [1.165, 1.54) is 27.9 Å². The summed E-state index contributed by atoms with van der Waals surface area (Å²) >= 11 is 0. The average Bonchev–Trinajstić information content (AvgIpc) is 3.42. The van der Waals surface area contributed by atoms with E-state index in [2.05, 4.69) is 0 Å². The predicted octanol–water partition coefficient (Wildman–Crippen LogP) is 3.76. The van der Waals surface area contributed by atoms with E-state index in [0.717, 1.165) is 0 Å². The Kier molecular flexibility index (Phi) is 15.1. The lowest BCUT2D eigenvalue weighted by Gasteiger charge is -2.49. The van der Waals surface area contributed by atoms with E-state index in [0.29, 0.717) is 12.8 Å². The molecule has 0 spiro atoms. The number of nitrogens with zero attached hydrogens (tertiary/aromatic N) is 1. The molecule has 0 aromatic rings. The van der Waals surface area contributed by atoms with Crippen LogP contribution in [0.4, 0.5) is 0 Å². The fraction of sp³-hybridized carbons (Fsp3) is 0.927. The maximum absolute atomic E-state index is 14.6. The summed E-state index contributed by atoms with van der Waals surface area (Å²) < 4.78 is 57.1. The maximum Gasteiger partial charge on any atom is 0.311 e. The maximum atomic E-state index is 14.6. The number of methoxy groups -OCH3 is 1. The van der Waals surface area contributed by atoms with Crippen LogP contribution in [0.1, 0.15) is 109 Å². The molecule has 0 aromatic carbocycles. The van der Waals surface area contributed by atoms with Gasteiger partial charge in [0.25, 0.3) is 0 Å². The van der Waals surface area contributed by atoms with Gasteiger partial charge in [-0.25, -0.2) is 0 Å². The first-order valence-electron chi connectivity index (χ1n) is 20.4. The number of esters is 3. The first-order chi connectivity index (χ1) is 25.9. The molecule has 4 saturated heterocycles. The second kappa shape index (κ2) is 18.1. The van der Waals surface area contributed by atoms with Crippen LogP contribution in [-0.4, -0.2) is 145 Å². The van der Waals surface area contributed by atoms with E-state index in [4.69, 9.17) is 42.6 Å². The molecule has 4 heterocycles. The van der Waals surface area contributed by atoms with E-state index in [1.807, 2.05) is 60.5 Å². The molecule has 0 aliphatic carbocycles. The van der Waals surface area contributed by atoms with Crippen molar-refractivity contribution in [2.24, 2.45) is 23.7 Å². The largest absolute Gasteiger partial charge is 0.459 e. The molecular formula is C41H71NO14. The smallest absolute Gasteiger partial charge is 0.311 e. The van der Waals surface area contributed by atoms with Gasteiger partial charge in [0, 0.05) is 45.3 Å². The Morgan fingerprint density at radius 3 is 2.18 bits per heavy atom. The second-order valence-electron chi connectivity index (χ2n) is 17.9. The third-order valence-electron chi connectivity index (χ3n) is 12.9. The van der Waals surface area contributed by atoms with Crippen LogP contribution in [0.5, 0.6) is 0 Å². The van der Waals surface area contributed by atoms with Crippen molar-refractivity contribution in [1.82, 2.24) is 4.90 Å². The van der Waals surface area contributed by atoms with Gasteiger partial charge in [0.15, 0.2) is 18.7 Å². The molecule has 0 aromatic heterocycles. The summed E-state index contributed by atoms with van der Waals surface area (Å²) in [7, 11) is 5.35. The number of hydrogen-bond acceptors (Lipinski definition) is 15. The first-order valence-corrected chi connectivity index (χ1v) is 20.4. The number of aliphatic hydroxyl groups is 2. The summed E-state index contributed by atoms with van der Waals surface area (Å²) in [5.74, 6) is -3.97. The molecule has 56 heavy (non-hydrogen) atoms. The van der Waals surface area contributed by atoms with E-state index in [1.54, 1.807) is 20.8 Å². The number of carbonyl (C=O) groups excluding carboxylic acids is 3. The standard InChI is InChI=1S/C41H71NO14/c1-16-29(51-26(8)43)41(12,47)35-22(4)32-20(2)18-40(11,56-32)34(55-38-31(45)28(42(13)14)17-21(3)49-38)23(5)33(24(6)37(46)54-35)53-30-19-39(10,48-15)36(25(7)50-30)52-27(9)44/h20-25,28-36,38,45,47H,16-19H2,1-15H3/t20?,21?,22-,23-,24+,25?,28?,29+,30-,31?,32?,33-,34+,35+,36-,38-,39?,40?,41+/m0/s1. The molecule has 19 atom stereocenters. The molecule has 2 bridgehead atoms. The summed E-state index contributed by atoms with van der Waals surface area (Å²) in [4.78, 5) is 40.8. The van der Waals surface area contributed by atoms with E-state index in [-0.39, 0.29) is 30.9 Å². The van der Waals surface area contributed by atoms with Gasteiger partial charge in [-0.3, -0.25) is 14.4 Å². The number of fused-ring (bicyclic) bond motifs is 2. The molecular weight excluding hydrogens is 730 g/mol. The molecule has 0 saturated carbocycles. The van der Waals surface area contributed by atoms with E-state index < -0.39 is 114 Å². The highest BCUT2D eigenvalue weighted by Gasteiger charge is 2.59. The van der Waals surface area contributed by atoms with Crippen molar-refractivity contribution in [3.63, 3.8) is 0 Å².